The van der Waals surface area contributed by atoms with E-state index in [0.29, 0.717) is 49.4 Å². The van der Waals surface area contributed by atoms with Crippen LogP contribution < -0.4 is 11.0 Å². The molecular formula is C27H31FN6O4. The third kappa shape index (κ3) is 4.90. The quantitative estimate of drug-likeness (QED) is 0.526. The molecule has 200 valence electrons. The Morgan fingerprint density at radius 3 is 2.39 bits per heavy atom. The van der Waals surface area contributed by atoms with Gasteiger partial charge in [0.25, 0.3) is 0 Å². The number of benzene rings is 1. The van der Waals surface area contributed by atoms with Crippen molar-refractivity contribution in [3.8, 4) is 17.1 Å². The summed E-state index contributed by atoms with van der Waals surface area (Å²) >= 11 is 0. The van der Waals surface area contributed by atoms with Gasteiger partial charge in [-0.1, -0.05) is 0 Å². The van der Waals surface area contributed by atoms with Crippen LogP contribution in [0, 0.1) is 5.82 Å². The Balaban J connectivity index is 1.25. The molecule has 0 unspecified atom stereocenters. The van der Waals surface area contributed by atoms with E-state index < -0.39 is 0 Å². The fourth-order valence-corrected chi connectivity index (χ4v) is 5.73. The van der Waals surface area contributed by atoms with Crippen LogP contribution in [0.4, 0.5) is 15.1 Å². The first-order valence-electron chi connectivity index (χ1n) is 13.3. The van der Waals surface area contributed by atoms with Crippen molar-refractivity contribution >= 4 is 12.0 Å². The molecule has 1 amide bonds. The summed E-state index contributed by atoms with van der Waals surface area (Å²) in [6, 6.07) is 8.11. The van der Waals surface area contributed by atoms with Gasteiger partial charge >= 0.3 is 11.8 Å². The molecular weight excluding hydrogens is 491 g/mol. The molecule has 3 aliphatic rings. The van der Waals surface area contributed by atoms with Gasteiger partial charge in [-0.05, 0) is 68.9 Å². The molecule has 1 aromatic carbocycles. The first-order valence-corrected chi connectivity index (χ1v) is 13.3. The molecule has 6 rings (SSSR count). The van der Waals surface area contributed by atoms with Crippen molar-refractivity contribution in [2.45, 2.75) is 56.7 Å². The predicted molar refractivity (Wildman–Crippen MR) is 138 cm³/mol. The average molecular weight is 523 g/mol. The number of nitrogens with zero attached hydrogens (tertiary/aromatic N) is 5. The monoisotopic (exact) mass is 522 g/mol. The van der Waals surface area contributed by atoms with E-state index in [1.54, 1.807) is 33.5 Å². The Morgan fingerprint density at radius 2 is 1.68 bits per heavy atom. The number of hydrogen-bond donors (Lipinski definition) is 1. The van der Waals surface area contributed by atoms with Crippen molar-refractivity contribution in [2.75, 3.05) is 31.7 Å². The second-order valence-electron chi connectivity index (χ2n) is 10.1. The summed E-state index contributed by atoms with van der Waals surface area (Å²) in [5, 5.41) is 3.45. The number of carbonyl (C=O) groups is 1. The second-order valence-corrected chi connectivity index (χ2v) is 10.1. The smallest absolute Gasteiger partial charge is 0.410 e. The number of halogens is 1. The maximum Gasteiger partial charge on any atom is 0.410 e. The van der Waals surface area contributed by atoms with Crippen LogP contribution in [-0.2, 0) is 9.47 Å². The number of anilines is 1. The Labute approximate surface area is 219 Å². The summed E-state index contributed by atoms with van der Waals surface area (Å²) in [6.45, 7) is 2.35. The van der Waals surface area contributed by atoms with Gasteiger partial charge in [0.15, 0.2) is 0 Å². The first-order chi connectivity index (χ1) is 18.6. The lowest BCUT2D eigenvalue weighted by Crippen LogP contribution is -2.41. The third-order valence-electron chi connectivity index (χ3n) is 7.76. The highest BCUT2D eigenvalue weighted by molar-refractivity contribution is 5.69. The van der Waals surface area contributed by atoms with Crippen LogP contribution in [0.5, 0.6) is 0 Å². The summed E-state index contributed by atoms with van der Waals surface area (Å²) < 4.78 is 27.6. The standard InChI is InChI=1S/C27H31FN6O4/c28-18-1-5-22(6-2-18)34-24(17-33(26(34)35)21-10-14-37-15-11-21)23-9-12-29-25(31-23)30-19-3-7-20(8-4-19)32-13-16-38-27(32)36/h1-2,5-6,9,12,17,19-21H,3-4,7-8,10-11,13-16H2,(H,29,30,31). The molecule has 11 heteroatoms. The highest BCUT2D eigenvalue weighted by atomic mass is 19.1. The van der Waals surface area contributed by atoms with Crippen LogP contribution in [0.3, 0.4) is 0 Å². The molecule has 38 heavy (non-hydrogen) atoms. The van der Waals surface area contributed by atoms with E-state index >= 15 is 0 Å². The Hall–Kier alpha value is -3.73. The molecule has 4 heterocycles. The second kappa shape index (κ2) is 10.6. The van der Waals surface area contributed by atoms with Crippen molar-refractivity contribution in [1.29, 1.82) is 0 Å². The largest absolute Gasteiger partial charge is 0.448 e. The molecule has 1 aliphatic carbocycles. The molecule has 0 spiro atoms. The zero-order chi connectivity index (χ0) is 26.1. The maximum absolute atomic E-state index is 13.7. The predicted octanol–water partition coefficient (Wildman–Crippen LogP) is 3.76. The van der Waals surface area contributed by atoms with Crippen molar-refractivity contribution < 1.29 is 18.7 Å². The number of amides is 1. The molecule has 2 aromatic heterocycles. The number of hydrogen-bond acceptors (Lipinski definition) is 7. The van der Waals surface area contributed by atoms with Gasteiger partial charge in [0.2, 0.25) is 5.95 Å². The molecule has 2 saturated heterocycles. The number of aromatic nitrogens is 4. The maximum atomic E-state index is 13.7. The number of nitrogens with one attached hydrogen (secondary N) is 1. The molecule has 2 aliphatic heterocycles. The van der Waals surface area contributed by atoms with Gasteiger partial charge < -0.3 is 19.7 Å². The molecule has 3 aromatic rings. The normalized spacial score (nSPS) is 22.4. The number of imidazole rings is 1. The Bertz CT molecular complexity index is 1340. The molecule has 3 fully saturated rings. The van der Waals surface area contributed by atoms with Crippen molar-refractivity contribution in [3.05, 3.63) is 59.0 Å². The van der Waals surface area contributed by atoms with Crippen LogP contribution in [0.15, 0.2) is 47.5 Å². The molecule has 0 radical (unpaired) electrons. The lowest BCUT2D eigenvalue weighted by Gasteiger charge is -2.33. The zero-order valence-electron chi connectivity index (χ0n) is 21.1. The zero-order valence-corrected chi connectivity index (χ0v) is 21.1. The summed E-state index contributed by atoms with van der Waals surface area (Å²) in [4.78, 5) is 36.6. The van der Waals surface area contributed by atoms with E-state index in [4.69, 9.17) is 14.5 Å². The molecule has 1 N–H and O–H groups in total. The summed E-state index contributed by atoms with van der Waals surface area (Å²) in [5.74, 6) is 0.125. The van der Waals surface area contributed by atoms with E-state index in [2.05, 4.69) is 10.3 Å². The topological polar surface area (TPSA) is 104 Å². The van der Waals surface area contributed by atoms with Crippen molar-refractivity contribution in [2.24, 2.45) is 0 Å². The summed E-state index contributed by atoms with van der Waals surface area (Å²) in [6.07, 6.45) is 8.38. The van der Waals surface area contributed by atoms with Gasteiger partial charge in [-0.25, -0.2) is 23.9 Å². The lowest BCUT2D eigenvalue weighted by molar-refractivity contribution is 0.0686. The fraction of sp³-hybridized carbons (Fsp3) is 0.481. The lowest BCUT2D eigenvalue weighted by atomic mass is 9.90. The van der Waals surface area contributed by atoms with Crippen LogP contribution in [-0.4, -0.2) is 68.5 Å². The van der Waals surface area contributed by atoms with Crippen LogP contribution in [0.2, 0.25) is 0 Å². The Kier molecular flexibility index (Phi) is 6.84. The first kappa shape index (κ1) is 24.6. The minimum Gasteiger partial charge on any atom is -0.448 e. The van der Waals surface area contributed by atoms with Crippen LogP contribution in [0.1, 0.15) is 44.6 Å². The molecule has 10 nitrogen and oxygen atoms in total. The fourth-order valence-electron chi connectivity index (χ4n) is 5.73. The van der Waals surface area contributed by atoms with Gasteiger partial charge in [0.1, 0.15) is 12.4 Å². The van der Waals surface area contributed by atoms with Crippen LogP contribution >= 0.6 is 0 Å². The van der Waals surface area contributed by atoms with Gasteiger partial charge in [-0.3, -0.25) is 9.13 Å². The Morgan fingerprint density at radius 1 is 0.921 bits per heavy atom. The van der Waals surface area contributed by atoms with Crippen molar-refractivity contribution in [1.82, 2.24) is 24.0 Å². The molecule has 0 atom stereocenters. The molecule has 0 bridgehead atoms. The number of rotatable bonds is 6. The number of ether oxygens (including phenoxy) is 2. The van der Waals surface area contributed by atoms with Crippen LogP contribution in [0.25, 0.3) is 17.1 Å². The van der Waals surface area contributed by atoms with Gasteiger partial charge in [-0.15, -0.1) is 0 Å². The third-order valence-corrected chi connectivity index (χ3v) is 7.76. The van der Waals surface area contributed by atoms with E-state index in [-0.39, 0.29) is 35.7 Å². The average Bonchev–Trinajstić information content (AvgIpc) is 3.53. The van der Waals surface area contributed by atoms with E-state index in [1.807, 2.05) is 11.1 Å². The minimum absolute atomic E-state index is 0.0270. The van der Waals surface area contributed by atoms with Gasteiger partial charge in [-0.2, -0.15) is 0 Å². The van der Waals surface area contributed by atoms with Crippen molar-refractivity contribution in [3.63, 3.8) is 0 Å². The van der Waals surface area contributed by atoms with E-state index in [9.17, 15) is 14.0 Å². The van der Waals surface area contributed by atoms with Gasteiger partial charge in [0, 0.05) is 43.7 Å². The van der Waals surface area contributed by atoms with E-state index in [0.717, 1.165) is 38.5 Å². The number of carbonyl (C=O) groups excluding carboxylic acids is 1. The minimum atomic E-state index is -0.364. The highest BCUT2D eigenvalue weighted by Crippen LogP contribution is 2.29. The summed E-state index contributed by atoms with van der Waals surface area (Å²) in [5.41, 5.74) is 1.60. The SMILES string of the molecule is O=C1OCCN1C1CCC(Nc2nccc(-c3cn(C4CCOCC4)c(=O)n3-c3ccc(F)cc3)n2)CC1. The van der Waals surface area contributed by atoms with E-state index in [1.165, 1.54) is 12.1 Å². The molecule has 1 saturated carbocycles. The van der Waals surface area contributed by atoms with Gasteiger partial charge in [0.05, 0.1) is 23.6 Å². The number of cyclic esters (lactones) is 1. The highest BCUT2D eigenvalue weighted by Gasteiger charge is 2.33. The summed E-state index contributed by atoms with van der Waals surface area (Å²) in [7, 11) is 0.